The molecule has 1 aliphatic rings. The number of nitrogens with one attached hydrogen (secondary N) is 1. The van der Waals surface area contributed by atoms with Gasteiger partial charge in [-0.25, -0.2) is 9.97 Å². The highest BCUT2D eigenvalue weighted by molar-refractivity contribution is 5.81. The molecule has 7 nitrogen and oxygen atoms in total. The van der Waals surface area contributed by atoms with Gasteiger partial charge in [-0.05, 0) is 18.1 Å². The van der Waals surface area contributed by atoms with Gasteiger partial charge in [-0.3, -0.25) is 9.69 Å². The van der Waals surface area contributed by atoms with Gasteiger partial charge in [0.25, 0.3) is 0 Å². The van der Waals surface area contributed by atoms with E-state index in [1.165, 1.54) is 0 Å². The Labute approximate surface area is 154 Å². The van der Waals surface area contributed by atoms with Crippen molar-refractivity contribution in [1.82, 2.24) is 20.2 Å². The molecule has 26 heavy (non-hydrogen) atoms. The van der Waals surface area contributed by atoms with Gasteiger partial charge in [0.1, 0.15) is 0 Å². The average Bonchev–Trinajstić information content (AvgIpc) is 2.70. The number of nitrogens with two attached hydrogens (primary N) is 1. The van der Waals surface area contributed by atoms with E-state index in [0.29, 0.717) is 13.0 Å². The molecule has 1 aromatic carbocycles. The standard InChI is InChI=1S/C19H26N6O/c20-17(15-16-5-2-1-3-6-16)18(26)21-9-10-24-11-13-25(14-12-24)19-22-7-4-8-23-19/h1-8,17H,9-15,20H2,(H,21,26). The van der Waals surface area contributed by atoms with E-state index in [2.05, 4.69) is 25.1 Å². The molecule has 0 radical (unpaired) electrons. The second kappa shape index (κ2) is 9.26. The summed E-state index contributed by atoms with van der Waals surface area (Å²) < 4.78 is 0. The van der Waals surface area contributed by atoms with Gasteiger partial charge in [-0.2, -0.15) is 0 Å². The molecule has 3 N–H and O–H groups in total. The Hall–Kier alpha value is -2.51. The number of carbonyl (C=O) groups excluding carboxylic acids is 1. The topological polar surface area (TPSA) is 87.4 Å². The van der Waals surface area contributed by atoms with Crippen LogP contribution in [0.25, 0.3) is 0 Å². The van der Waals surface area contributed by atoms with E-state index < -0.39 is 6.04 Å². The molecular formula is C19H26N6O. The van der Waals surface area contributed by atoms with Gasteiger partial charge in [0.15, 0.2) is 0 Å². The number of benzene rings is 1. The van der Waals surface area contributed by atoms with Crippen LogP contribution in [-0.2, 0) is 11.2 Å². The van der Waals surface area contributed by atoms with Crippen LogP contribution in [0.15, 0.2) is 48.8 Å². The zero-order chi connectivity index (χ0) is 18.2. The fourth-order valence-electron chi connectivity index (χ4n) is 3.06. The van der Waals surface area contributed by atoms with Crippen molar-refractivity contribution in [3.63, 3.8) is 0 Å². The molecule has 2 heterocycles. The molecule has 0 saturated carbocycles. The molecular weight excluding hydrogens is 328 g/mol. The number of amides is 1. The van der Waals surface area contributed by atoms with Crippen molar-refractivity contribution < 1.29 is 4.79 Å². The van der Waals surface area contributed by atoms with Crippen molar-refractivity contribution in [3.8, 4) is 0 Å². The van der Waals surface area contributed by atoms with Crippen molar-refractivity contribution in [1.29, 1.82) is 0 Å². The molecule has 0 aliphatic carbocycles. The van der Waals surface area contributed by atoms with E-state index in [1.807, 2.05) is 36.4 Å². The zero-order valence-electron chi connectivity index (χ0n) is 14.9. The summed E-state index contributed by atoms with van der Waals surface area (Å²) in [5.74, 6) is 0.692. The van der Waals surface area contributed by atoms with Gasteiger partial charge in [-0.1, -0.05) is 30.3 Å². The van der Waals surface area contributed by atoms with Crippen molar-refractivity contribution >= 4 is 11.9 Å². The first-order valence-electron chi connectivity index (χ1n) is 9.04. The highest BCUT2D eigenvalue weighted by Crippen LogP contribution is 2.09. The van der Waals surface area contributed by atoms with Crippen LogP contribution < -0.4 is 16.0 Å². The minimum Gasteiger partial charge on any atom is -0.353 e. The van der Waals surface area contributed by atoms with Crippen molar-refractivity contribution in [3.05, 3.63) is 54.4 Å². The highest BCUT2D eigenvalue weighted by atomic mass is 16.2. The average molecular weight is 354 g/mol. The summed E-state index contributed by atoms with van der Waals surface area (Å²) in [6.07, 6.45) is 4.09. The third-order valence-electron chi connectivity index (χ3n) is 4.57. The molecule has 1 unspecified atom stereocenters. The van der Waals surface area contributed by atoms with E-state index in [-0.39, 0.29) is 5.91 Å². The number of anilines is 1. The smallest absolute Gasteiger partial charge is 0.237 e. The quantitative estimate of drug-likeness (QED) is 0.743. The Morgan fingerprint density at radius 3 is 2.46 bits per heavy atom. The maximum atomic E-state index is 12.1. The molecule has 1 aromatic heterocycles. The molecule has 2 aromatic rings. The number of piperazine rings is 1. The SMILES string of the molecule is NC(Cc1ccccc1)C(=O)NCCN1CCN(c2ncccn2)CC1. The lowest BCUT2D eigenvalue weighted by atomic mass is 10.1. The van der Waals surface area contributed by atoms with E-state index in [0.717, 1.165) is 44.2 Å². The summed E-state index contributed by atoms with van der Waals surface area (Å²) in [7, 11) is 0. The molecule has 3 rings (SSSR count). The Morgan fingerprint density at radius 1 is 1.08 bits per heavy atom. The van der Waals surface area contributed by atoms with Crippen molar-refractivity contribution in [2.45, 2.75) is 12.5 Å². The van der Waals surface area contributed by atoms with Gasteiger partial charge in [0.2, 0.25) is 11.9 Å². The Balaban J connectivity index is 1.34. The van der Waals surface area contributed by atoms with Crippen molar-refractivity contribution in [2.75, 3.05) is 44.2 Å². The maximum Gasteiger partial charge on any atom is 0.237 e. The predicted molar refractivity (Wildman–Crippen MR) is 102 cm³/mol. The van der Waals surface area contributed by atoms with Gasteiger partial charge in [-0.15, -0.1) is 0 Å². The summed E-state index contributed by atoms with van der Waals surface area (Å²) in [5, 5.41) is 2.95. The number of carbonyl (C=O) groups is 1. The van der Waals surface area contributed by atoms with E-state index in [1.54, 1.807) is 12.4 Å². The van der Waals surface area contributed by atoms with E-state index in [9.17, 15) is 4.79 Å². The van der Waals surface area contributed by atoms with E-state index in [4.69, 9.17) is 5.73 Å². The van der Waals surface area contributed by atoms with Crippen molar-refractivity contribution in [2.24, 2.45) is 5.73 Å². The molecule has 0 bridgehead atoms. The van der Waals surface area contributed by atoms with Crippen LogP contribution in [0.4, 0.5) is 5.95 Å². The first-order valence-corrected chi connectivity index (χ1v) is 9.04. The number of hydrogen-bond donors (Lipinski definition) is 2. The lowest BCUT2D eigenvalue weighted by Crippen LogP contribution is -2.50. The highest BCUT2D eigenvalue weighted by Gasteiger charge is 2.19. The monoisotopic (exact) mass is 354 g/mol. The Bertz CT molecular complexity index is 673. The number of aromatic nitrogens is 2. The molecule has 1 saturated heterocycles. The Morgan fingerprint density at radius 2 is 1.77 bits per heavy atom. The Kier molecular flexibility index (Phi) is 6.51. The van der Waals surface area contributed by atoms with Crippen LogP contribution in [-0.4, -0.2) is 66.1 Å². The normalized spacial score (nSPS) is 16.3. The minimum absolute atomic E-state index is 0.0924. The summed E-state index contributed by atoms with van der Waals surface area (Å²) in [4.78, 5) is 25.3. The van der Waals surface area contributed by atoms with E-state index >= 15 is 0 Å². The third kappa shape index (κ3) is 5.24. The summed E-state index contributed by atoms with van der Waals surface area (Å²) in [6.45, 7) is 5.10. The summed E-state index contributed by atoms with van der Waals surface area (Å²) in [6, 6.07) is 11.2. The van der Waals surface area contributed by atoms with Crippen LogP contribution >= 0.6 is 0 Å². The number of nitrogens with zero attached hydrogens (tertiary/aromatic N) is 4. The first-order chi connectivity index (χ1) is 12.7. The predicted octanol–water partition coefficient (Wildman–Crippen LogP) is 0.285. The molecule has 138 valence electrons. The molecule has 1 atom stereocenters. The fourth-order valence-corrected chi connectivity index (χ4v) is 3.06. The zero-order valence-corrected chi connectivity index (χ0v) is 14.9. The fraction of sp³-hybridized carbons (Fsp3) is 0.421. The third-order valence-corrected chi connectivity index (χ3v) is 4.57. The molecule has 0 spiro atoms. The molecule has 7 heteroatoms. The van der Waals surface area contributed by atoms with Gasteiger partial charge >= 0.3 is 0 Å². The van der Waals surface area contributed by atoms with Crippen LogP contribution in [0.3, 0.4) is 0 Å². The van der Waals surface area contributed by atoms with Gasteiger partial charge in [0.05, 0.1) is 6.04 Å². The lowest BCUT2D eigenvalue weighted by Gasteiger charge is -2.34. The summed E-state index contributed by atoms with van der Waals surface area (Å²) >= 11 is 0. The number of rotatable bonds is 7. The van der Waals surface area contributed by atoms with Crippen LogP contribution in [0, 0.1) is 0 Å². The van der Waals surface area contributed by atoms with Crippen LogP contribution in [0.5, 0.6) is 0 Å². The number of hydrogen-bond acceptors (Lipinski definition) is 6. The lowest BCUT2D eigenvalue weighted by molar-refractivity contribution is -0.122. The second-order valence-corrected chi connectivity index (χ2v) is 6.46. The van der Waals surface area contributed by atoms with Gasteiger partial charge in [0, 0.05) is 51.7 Å². The molecule has 1 aliphatic heterocycles. The van der Waals surface area contributed by atoms with Gasteiger partial charge < -0.3 is 16.0 Å². The molecule has 1 fully saturated rings. The first kappa shape index (κ1) is 18.3. The second-order valence-electron chi connectivity index (χ2n) is 6.46. The minimum atomic E-state index is -0.510. The maximum absolute atomic E-state index is 12.1. The largest absolute Gasteiger partial charge is 0.353 e. The van der Waals surface area contributed by atoms with Crippen LogP contribution in [0.2, 0.25) is 0 Å². The molecule has 1 amide bonds. The summed E-state index contributed by atoms with van der Waals surface area (Å²) in [5.41, 5.74) is 7.08. The van der Waals surface area contributed by atoms with Crippen LogP contribution in [0.1, 0.15) is 5.56 Å².